The zero-order chi connectivity index (χ0) is 12.1. The summed E-state index contributed by atoms with van der Waals surface area (Å²) in [6.07, 6.45) is -0.0334. The Hall–Kier alpha value is -0.870. The zero-order valence-corrected chi connectivity index (χ0v) is 10.9. The number of ether oxygens (including phenoxy) is 1. The predicted octanol–water partition coefficient (Wildman–Crippen LogP) is 3.62. The molecule has 1 heterocycles. The molecule has 1 aromatic carbocycles. The molecular weight excluding hydrogens is 254 g/mol. The maximum atomic E-state index is 5.92. The third kappa shape index (κ3) is 3.54. The highest BCUT2D eigenvalue weighted by Crippen LogP contribution is 2.23. The maximum absolute atomic E-state index is 5.92. The lowest BCUT2D eigenvalue weighted by molar-refractivity contribution is 0.0480. The standard InChI is InChI=1S/C13H14ClNOS/c14-11-4-1-3-10(7-11)9-16-12(8-15)13-5-2-6-17-13/h1-7,12H,8-9,15H2. The second-order valence-electron chi connectivity index (χ2n) is 3.68. The molecule has 0 fully saturated rings. The fraction of sp³-hybridized carbons (Fsp3) is 0.231. The summed E-state index contributed by atoms with van der Waals surface area (Å²) in [7, 11) is 0. The molecule has 0 aliphatic carbocycles. The van der Waals surface area contributed by atoms with Gasteiger partial charge in [-0.15, -0.1) is 11.3 Å². The van der Waals surface area contributed by atoms with Gasteiger partial charge < -0.3 is 10.5 Å². The van der Waals surface area contributed by atoms with E-state index in [2.05, 4.69) is 0 Å². The van der Waals surface area contributed by atoms with Gasteiger partial charge in [-0.3, -0.25) is 0 Å². The summed E-state index contributed by atoms with van der Waals surface area (Å²) in [6.45, 7) is 1.02. The fourth-order valence-electron chi connectivity index (χ4n) is 1.56. The molecule has 1 atom stereocenters. The summed E-state index contributed by atoms with van der Waals surface area (Å²) in [4.78, 5) is 1.16. The van der Waals surface area contributed by atoms with Crippen LogP contribution in [0.4, 0.5) is 0 Å². The smallest absolute Gasteiger partial charge is 0.104 e. The molecule has 1 unspecified atom stereocenters. The van der Waals surface area contributed by atoms with E-state index in [1.54, 1.807) is 11.3 Å². The molecule has 0 radical (unpaired) electrons. The third-order valence-corrected chi connectivity index (χ3v) is 3.61. The largest absolute Gasteiger partial charge is 0.367 e. The maximum Gasteiger partial charge on any atom is 0.104 e. The monoisotopic (exact) mass is 267 g/mol. The topological polar surface area (TPSA) is 35.2 Å². The molecule has 0 saturated heterocycles. The van der Waals surface area contributed by atoms with Gasteiger partial charge in [0.05, 0.1) is 6.61 Å². The molecule has 4 heteroatoms. The fourth-order valence-corrected chi connectivity index (χ4v) is 2.56. The predicted molar refractivity (Wildman–Crippen MR) is 72.4 cm³/mol. The summed E-state index contributed by atoms with van der Waals surface area (Å²) in [5, 5.41) is 2.76. The lowest BCUT2D eigenvalue weighted by Crippen LogP contribution is -2.14. The Bertz CT molecular complexity index is 458. The number of benzene rings is 1. The van der Waals surface area contributed by atoms with Crippen LogP contribution in [-0.4, -0.2) is 6.54 Å². The molecule has 0 aliphatic heterocycles. The van der Waals surface area contributed by atoms with E-state index in [0.717, 1.165) is 15.5 Å². The number of hydrogen-bond donors (Lipinski definition) is 1. The van der Waals surface area contributed by atoms with E-state index in [4.69, 9.17) is 22.1 Å². The first kappa shape index (κ1) is 12.6. The number of thiophene rings is 1. The van der Waals surface area contributed by atoms with Crippen LogP contribution in [0.2, 0.25) is 5.02 Å². The molecule has 0 aliphatic rings. The van der Waals surface area contributed by atoms with Crippen molar-refractivity contribution in [2.24, 2.45) is 5.73 Å². The summed E-state index contributed by atoms with van der Waals surface area (Å²) in [6, 6.07) is 11.7. The van der Waals surface area contributed by atoms with Gasteiger partial charge in [-0.25, -0.2) is 0 Å². The number of nitrogens with two attached hydrogens (primary N) is 1. The van der Waals surface area contributed by atoms with E-state index in [0.29, 0.717) is 13.2 Å². The Morgan fingerprint density at radius 2 is 2.18 bits per heavy atom. The van der Waals surface area contributed by atoms with E-state index in [1.807, 2.05) is 41.8 Å². The minimum atomic E-state index is -0.0334. The lowest BCUT2D eigenvalue weighted by atomic mass is 10.2. The van der Waals surface area contributed by atoms with Crippen molar-refractivity contribution in [1.82, 2.24) is 0 Å². The minimum absolute atomic E-state index is 0.0334. The number of rotatable bonds is 5. The molecule has 1 aromatic heterocycles. The van der Waals surface area contributed by atoms with Crippen molar-refractivity contribution < 1.29 is 4.74 Å². The van der Waals surface area contributed by atoms with Crippen molar-refractivity contribution in [3.05, 3.63) is 57.2 Å². The van der Waals surface area contributed by atoms with Crippen LogP contribution in [0.15, 0.2) is 41.8 Å². The first-order valence-electron chi connectivity index (χ1n) is 5.39. The van der Waals surface area contributed by atoms with Crippen molar-refractivity contribution in [2.75, 3.05) is 6.54 Å². The van der Waals surface area contributed by atoms with E-state index in [1.165, 1.54) is 0 Å². The van der Waals surface area contributed by atoms with E-state index in [-0.39, 0.29) is 6.10 Å². The summed E-state index contributed by atoms with van der Waals surface area (Å²) < 4.78 is 5.80. The van der Waals surface area contributed by atoms with E-state index in [9.17, 15) is 0 Å². The van der Waals surface area contributed by atoms with Crippen LogP contribution in [0.1, 0.15) is 16.5 Å². The first-order chi connectivity index (χ1) is 8.29. The highest BCUT2D eigenvalue weighted by atomic mass is 35.5. The van der Waals surface area contributed by atoms with Crippen molar-refractivity contribution in [2.45, 2.75) is 12.7 Å². The van der Waals surface area contributed by atoms with Gasteiger partial charge in [0.25, 0.3) is 0 Å². The molecule has 0 spiro atoms. The lowest BCUT2D eigenvalue weighted by Gasteiger charge is -2.14. The van der Waals surface area contributed by atoms with Crippen LogP contribution in [0.3, 0.4) is 0 Å². The molecule has 0 saturated carbocycles. The van der Waals surface area contributed by atoms with Crippen LogP contribution in [-0.2, 0) is 11.3 Å². The Morgan fingerprint density at radius 1 is 1.29 bits per heavy atom. The minimum Gasteiger partial charge on any atom is -0.367 e. The summed E-state index contributed by atoms with van der Waals surface area (Å²) >= 11 is 7.58. The summed E-state index contributed by atoms with van der Waals surface area (Å²) in [5.41, 5.74) is 6.78. The third-order valence-electron chi connectivity index (χ3n) is 2.41. The first-order valence-corrected chi connectivity index (χ1v) is 6.65. The van der Waals surface area contributed by atoms with Crippen LogP contribution < -0.4 is 5.73 Å². The van der Waals surface area contributed by atoms with Crippen molar-refractivity contribution in [3.63, 3.8) is 0 Å². The molecule has 2 nitrogen and oxygen atoms in total. The van der Waals surface area contributed by atoms with E-state index < -0.39 is 0 Å². The van der Waals surface area contributed by atoms with Crippen LogP contribution in [0, 0.1) is 0 Å². The second kappa shape index (κ2) is 6.17. The molecule has 2 aromatic rings. The molecule has 90 valence electrons. The van der Waals surface area contributed by atoms with Gasteiger partial charge in [-0.1, -0.05) is 29.8 Å². The molecule has 0 bridgehead atoms. The number of hydrogen-bond acceptors (Lipinski definition) is 3. The van der Waals surface area contributed by atoms with E-state index >= 15 is 0 Å². The van der Waals surface area contributed by atoms with Crippen LogP contribution >= 0.6 is 22.9 Å². The van der Waals surface area contributed by atoms with Gasteiger partial charge in [-0.05, 0) is 29.1 Å². The molecule has 0 amide bonds. The van der Waals surface area contributed by atoms with Crippen LogP contribution in [0.5, 0.6) is 0 Å². The molecule has 17 heavy (non-hydrogen) atoms. The average Bonchev–Trinajstić information content (AvgIpc) is 2.84. The van der Waals surface area contributed by atoms with Gasteiger partial charge >= 0.3 is 0 Å². The van der Waals surface area contributed by atoms with Gasteiger partial charge in [0.15, 0.2) is 0 Å². The summed E-state index contributed by atoms with van der Waals surface area (Å²) in [5.74, 6) is 0. The van der Waals surface area contributed by atoms with Crippen molar-refractivity contribution in [1.29, 1.82) is 0 Å². The normalized spacial score (nSPS) is 12.6. The zero-order valence-electron chi connectivity index (χ0n) is 9.30. The number of halogens is 1. The quantitative estimate of drug-likeness (QED) is 0.898. The van der Waals surface area contributed by atoms with Crippen LogP contribution in [0.25, 0.3) is 0 Å². The molecule has 2 rings (SSSR count). The molecular formula is C13H14ClNOS. The average molecular weight is 268 g/mol. The Morgan fingerprint density at radius 3 is 2.82 bits per heavy atom. The molecule has 2 N–H and O–H groups in total. The van der Waals surface area contributed by atoms with Gasteiger partial charge in [0.1, 0.15) is 6.10 Å². The second-order valence-corrected chi connectivity index (χ2v) is 5.10. The Labute approximate surface area is 110 Å². The van der Waals surface area contributed by atoms with Gasteiger partial charge in [-0.2, -0.15) is 0 Å². The van der Waals surface area contributed by atoms with Gasteiger partial charge in [0, 0.05) is 16.4 Å². The van der Waals surface area contributed by atoms with Gasteiger partial charge in [0.2, 0.25) is 0 Å². The highest BCUT2D eigenvalue weighted by molar-refractivity contribution is 7.10. The Kier molecular flexibility index (Phi) is 4.57. The highest BCUT2D eigenvalue weighted by Gasteiger charge is 2.11. The Balaban J connectivity index is 1.97. The van der Waals surface area contributed by atoms with Crippen molar-refractivity contribution in [3.8, 4) is 0 Å². The van der Waals surface area contributed by atoms with Crippen molar-refractivity contribution >= 4 is 22.9 Å². The SMILES string of the molecule is NCC(OCc1cccc(Cl)c1)c1cccs1.